The minimum absolute atomic E-state index is 0.127. The standard InChI is InChI=1S/C7H15FN2O/c1-10(8)7(11)5-3-2-4-6-9/h2-6,9H2,1H3. The van der Waals surface area contributed by atoms with E-state index in [0.717, 1.165) is 26.3 Å². The van der Waals surface area contributed by atoms with Gasteiger partial charge in [0.25, 0.3) is 0 Å². The van der Waals surface area contributed by atoms with E-state index in [0.29, 0.717) is 6.54 Å². The van der Waals surface area contributed by atoms with Crippen LogP contribution in [0.5, 0.6) is 0 Å². The summed E-state index contributed by atoms with van der Waals surface area (Å²) in [5, 5.41) is 0.127. The van der Waals surface area contributed by atoms with Gasteiger partial charge in [0.05, 0.1) is 0 Å². The van der Waals surface area contributed by atoms with Gasteiger partial charge in [0, 0.05) is 13.5 Å². The Bertz CT molecular complexity index is 117. The largest absolute Gasteiger partial charge is 0.330 e. The first-order chi connectivity index (χ1) is 5.18. The van der Waals surface area contributed by atoms with Crippen LogP contribution in [0.4, 0.5) is 4.48 Å². The molecule has 66 valence electrons. The molecule has 0 rings (SSSR count). The van der Waals surface area contributed by atoms with E-state index in [1.165, 1.54) is 0 Å². The summed E-state index contributed by atoms with van der Waals surface area (Å²) in [5.41, 5.74) is 5.24. The van der Waals surface area contributed by atoms with Gasteiger partial charge in [-0.05, 0) is 19.4 Å². The lowest BCUT2D eigenvalue weighted by Crippen LogP contribution is -2.16. The van der Waals surface area contributed by atoms with Gasteiger partial charge in [-0.3, -0.25) is 4.79 Å². The summed E-state index contributed by atoms with van der Waals surface area (Å²) in [7, 11) is 1.12. The van der Waals surface area contributed by atoms with E-state index in [1.807, 2.05) is 0 Å². The molecule has 11 heavy (non-hydrogen) atoms. The van der Waals surface area contributed by atoms with Crippen LogP contribution >= 0.6 is 0 Å². The van der Waals surface area contributed by atoms with E-state index >= 15 is 0 Å². The van der Waals surface area contributed by atoms with Gasteiger partial charge in [0.15, 0.2) is 0 Å². The van der Waals surface area contributed by atoms with Crippen LogP contribution in [0.15, 0.2) is 0 Å². The summed E-state index contributed by atoms with van der Waals surface area (Å²) in [6.45, 7) is 0.639. The maximum absolute atomic E-state index is 12.1. The van der Waals surface area contributed by atoms with Crippen molar-refractivity contribution in [2.45, 2.75) is 25.7 Å². The van der Waals surface area contributed by atoms with Crippen LogP contribution in [0.25, 0.3) is 0 Å². The van der Waals surface area contributed by atoms with Gasteiger partial charge in [0.1, 0.15) is 0 Å². The molecule has 4 heteroatoms. The van der Waals surface area contributed by atoms with Crippen molar-refractivity contribution < 1.29 is 9.28 Å². The van der Waals surface area contributed by atoms with Crippen LogP contribution in [0, 0.1) is 0 Å². The fourth-order valence-corrected chi connectivity index (χ4v) is 0.751. The fraction of sp³-hybridized carbons (Fsp3) is 0.857. The van der Waals surface area contributed by atoms with Crippen molar-refractivity contribution in [1.82, 2.24) is 5.12 Å². The molecule has 0 aliphatic heterocycles. The van der Waals surface area contributed by atoms with Crippen LogP contribution in [0.1, 0.15) is 25.7 Å². The zero-order valence-corrected chi connectivity index (χ0v) is 6.85. The molecule has 0 bridgehead atoms. The Kier molecular flexibility index (Phi) is 5.74. The summed E-state index contributed by atoms with van der Waals surface area (Å²) < 4.78 is 12.1. The molecular formula is C7H15FN2O. The number of unbranched alkanes of at least 4 members (excludes halogenated alkanes) is 2. The van der Waals surface area contributed by atoms with Crippen molar-refractivity contribution >= 4 is 5.91 Å². The SMILES string of the molecule is CN(F)C(=O)CCCCCN. The number of nitrogens with two attached hydrogens (primary N) is 1. The fourth-order valence-electron chi connectivity index (χ4n) is 0.751. The quantitative estimate of drug-likeness (QED) is 0.481. The second-order valence-corrected chi connectivity index (χ2v) is 2.47. The third-order valence-corrected chi connectivity index (χ3v) is 1.44. The summed E-state index contributed by atoms with van der Waals surface area (Å²) in [6, 6.07) is 0. The molecule has 0 saturated carbocycles. The van der Waals surface area contributed by atoms with Gasteiger partial charge in [0.2, 0.25) is 5.91 Å². The number of nitrogens with zero attached hydrogens (tertiary/aromatic N) is 1. The van der Waals surface area contributed by atoms with E-state index < -0.39 is 5.91 Å². The molecule has 0 aliphatic carbocycles. The van der Waals surface area contributed by atoms with Crippen LogP contribution in [0.3, 0.4) is 0 Å². The predicted octanol–water partition coefficient (Wildman–Crippen LogP) is 0.848. The Morgan fingerprint density at radius 2 is 2.09 bits per heavy atom. The monoisotopic (exact) mass is 162 g/mol. The summed E-state index contributed by atoms with van der Waals surface area (Å²) in [4.78, 5) is 10.6. The van der Waals surface area contributed by atoms with Crippen molar-refractivity contribution in [3.8, 4) is 0 Å². The molecule has 2 N–H and O–H groups in total. The number of amides is 1. The van der Waals surface area contributed by atoms with E-state index in [2.05, 4.69) is 0 Å². The molecule has 0 fully saturated rings. The number of hydrogen-bond acceptors (Lipinski definition) is 2. The van der Waals surface area contributed by atoms with Crippen LogP contribution in [0.2, 0.25) is 0 Å². The highest BCUT2D eigenvalue weighted by molar-refractivity contribution is 5.74. The van der Waals surface area contributed by atoms with Gasteiger partial charge < -0.3 is 5.73 Å². The van der Waals surface area contributed by atoms with Crippen molar-refractivity contribution in [2.24, 2.45) is 5.73 Å². The molecule has 0 aromatic carbocycles. The molecule has 0 saturated heterocycles. The molecule has 1 amide bonds. The van der Waals surface area contributed by atoms with Gasteiger partial charge in [-0.25, -0.2) is 0 Å². The highest BCUT2D eigenvalue weighted by Crippen LogP contribution is 2.01. The van der Waals surface area contributed by atoms with Crippen molar-refractivity contribution in [2.75, 3.05) is 13.6 Å². The zero-order valence-electron chi connectivity index (χ0n) is 6.85. The number of carbonyl (C=O) groups is 1. The highest BCUT2D eigenvalue weighted by atomic mass is 19.2. The minimum atomic E-state index is -0.456. The Hall–Kier alpha value is -0.640. The minimum Gasteiger partial charge on any atom is -0.330 e. The molecular weight excluding hydrogens is 147 g/mol. The Morgan fingerprint density at radius 3 is 2.55 bits per heavy atom. The number of halogens is 1. The number of rotatable bonds is 5. The third kappa shape index (κ3) is 5.79. The van der Waals surface area contributed by atoms with Crippen LogP contribution in [-0.4, -0.2) is 24.6 Å². The predicted molar refractivity (Wildman–Crippen MR) is 41.4 cm³/mol. The van der Waals surface area contributed by atoms with Gasteiger partial charge in [-0.2, -0.15) is 5.12 Å². The Balaban J connectivity index is 3.18. The van der Waals surface area contributed by atoms with E-state index in [9.17, 15) is 9.28 Å². The summed E-state index contributed by atoms with van der Waals surface area (Å²) in [5.74, 6) is -0.456. The van der Waals surface area contributed by atoms with Gasteiger partial charge in [-0.15, -0.1) is 0 Å². The van der Waals surface area contributed by atoms with Crippen molar-refractivity contribution in [1.29, 1.82) is 0 Å². The average Bonchev–Trinajstić information content (AvgIpc) is 1.97. The summed E-state index contributed by atoms with van der Waals surface area (Å²) in [6.07, 6.45) is 2.82. The molecule has 0 unspecified atom stereocenters. The van der Waals surface area contributed by atoms with Gasteiger partial charge >= 0.3 is 0 Å². The first-order valence-corrected chi connectivity index (χ1v) is 3.81. The lowest BCUT2D eigenvalue weighted by atomic mass is 10.2. The van der Waals surface area contributed by atoms with Gasteiger partial charge in [-0.1, -0.05) is 10.9 Å². The lowest BCUT2D eigenvalue weighted by Gasteiger charge is -2.03. The molecule has 0 spiro atoms. The highest BCUT2D eigenvalue weighted by Gasteiger charge is 2.05. The molecule has 0 atom stereocenters. The van der Waals surface area contributed by atoms with Crippen molar-refractivity contribution in [3.05, 3.63) is 0 Å². The Morgan fingerprint density at radius 1 is 1.45 bits per heavy atom. The van der Waals surface area contributed by atoms with Crippen LogP contribution < -0.4 is 5.73 Å². The van der Waals surface area contributed by atoms with E-state index in [4.69, 9.17) is 5.73 Å². The number of carbonyl (C=O) groups excluding carboxylic acids is 1. The molecule has 0 aliphatic rings. The summed E-state index contributed by atoms with van der Waals surface area (Å²) >= 11 is 0. The normalized spacial score (nSPS) is 9.73. The first kappa shape index (κ1) is 10.4. The second-order valence-electron chi connectivity index (χ2n) is 2.47. The maximum atomic E-state index is 12.1. The van der Waals surface area contributed by atoms with E-state index in [1.54, 1.807) is 0 Å². The first-order valence-electron chi connectivity index (χ1n) is 3.81. The second kappa shape index (κ2) is 6.09. The maximum Gasteiger partial charge on any atom is 0.249 e. The van der Waals surface area contributed by atoms with E-state index in [-0.39, 0.29) is 11.5 Å². The van der Waals surface area contributed by atoms with Crippen LogP contribution in [-0.2, 0) is 4.79 Å². The Labute approximate surface area is 66.3 Å². The number of hydrogen-bond donors (Lipinski definition) is 1. The van der Waals surface area contributed by atoms with Crippen molar-refractivity contribution in [3.63, 3.8) is 0 Å². The smallest absolute Gasteiger partial charge is 0.249 e. The third-order valence-electron chi connectivity index (χ3n) is 1.44. The lowest BCUT2D eigenvalue weighted by molar-refractivity contribution is -0.143. The molecule has 0 aromatic rings. The molecule has 3 nitrogen and oxygen atoms in total. The zero-order chi connectivity index (χ0) is 8.69. The molecule has 0 radical (unpaired) electrons. The molecule has 0 aromatic heterocycles. The molecule has 0 heterocycles. The topological polar surface area (TPSA) is 46.3 Å². The average molecular weight is 162 g/mol.